The van der Waals surface area contributed by atoms with Gasteiger partial charge >= 0.3 is 5.97 Å². The molecular formula is C24H16N2O3. The van der Waals surface area contributed by atoms with Gasteiger partial charge in [0.1, 0.15) is 0 Å². The number of benzene rings is 4. The SMILES string of the molecule is N#Cc1cccc(NC(=O)COC(=O)c2c3ccccc3cc3ccccc23)c1. The van der Waals surface area contributed by atoms with Crippen LogP contribution in [-0.2, 0) is 9.53 Å². The second-order valence-electron chi connectivity index (χ2n) is 6.51. The van der Waals surface area contributed by atoms with Crippen molar-refractivity contribution in [2.75, 3.05) is 11.9 Å². The van der Waals surface area contributed by atoms with Gasteiger partial charge in [0.25, 0.3) is 5.91 Å². The zero-order chi connectivity index (χ0) is 20.2. The molecule has 0 saturated heterocycles. The van der Waals surface area contributed by atoms with Gasteiger partial charge in [-0.25, -0.2) is 4.79 Å². The zero-order valence-electron chi connectivity index (χ0n) is 15.4. The van der Waals surface area contributed by atoms with Crippen LogP contribution in [0.3, 0.4) is 0 Å². The van der Waals surface area contributed by atoms with Crippen LogP contribution in [0.1, 0.15) is 15.9 Å². The van der Waals surface area contributed by atoms with Crippen molar-refractivity contribution in [1.82, 2.24) is 0 Å². The molecule has 0 aliphatic rings. The molecule has 140 valence electrons. The molecule has 0 aromatic heterocycles. The Hall–Kier alpha value is -4.17. The highest BCUT2D eigenvalue weighted by Crippen LogP contribution is 2.29. The third-order valence-electron chi connectivity index (χ3n) is 4.59. The predicted molar refractivity (Wildman–Crippen MR) is 112 cm³/mol. The van der Waals surface area contributed by atoms with Gasteiger partial charge in [0.05, 0.1) is 17.2 Å². The summed E-state index contributed by atoms with van der Waals surface area (Å²) in [5, 5.41) is 15.0. The van der Waals surface area contributed by atoms with E-state index in [4.69, 9.17) is 10.00 Å². The van der Waals surface area contributed by atoms with Crippen LogP contribution in [0, 0.1) is 11.3 Å². The third-order valence-corrected chi connectivity index (χ3v) is 4.59. The molecule has 29 heavy (non-hydrogen) atoms. The number of amides is 1. The van der Waals surface area contributed by atoms with Gasteiger partial charge in [0, 0.05) is 5.69 Å². The van der Waals surface area contributed by atoms with E-state index in [1.54, 1.807) is 24.3 Å². The minimum atomic E-state index is -0.557. The number of esters is 1. The molecule has 1 N–H and O–H groups in total. The lowest BCUT2D eigenvalue weighted by Gasteiger charge is -2.11. The average Bonchev–Trinajstić information content (AvgIpc) is 2.76. The highest BCUT2D eigenvalue weighted by atomic mass is 16.5. The van der Waals surface area contributed by atoms with Crippen molar-refractivity contribution in [3.8, 4) is 6.07 Å². The number of nitrogens with zero attached hydrogens (tertiary/aromatic N) is 1. The molecule has 0 atom stereocenters. The topological polar surface area (TPSA) is 79.2 Å². The molecule has 0 radical (unpaired) electrons. The predicted octanol–water partition coefficient (Wildman–Crippen LogP) is 4.66. The quantitative estimate of drug-likeness (QED) is 0.412. The Bertz CT molecular complexity index is 1230. The number of anilines is 1. The van der Waals surface area contributed by atoms with Gasteiger partial charge in [0.2, 0.25) is 0 Å². The van der Waals surface area contributed by atoms with Crippen LogP contribution in [0.5, 0.6) is 0 Å². The normalized spacial score (nSPS) is 10.4. The Morgan fingerprint density at radius 3 is 2.17 bits per heavy atom. The summed E-state index contributed by atoms with van der Waals surface area (Å²) in [6.45, 7) is -0.423. The maximum absolute atomic E-state index is 12.9. The molecule has 4 aromatic carbocycles. The summed E-state index contributed by atoms with van der Waals surface area (Å²) in [7, 11) is 0. The molecule has 4 rings (SSSR count). The Balaban J connectivity index is 1.57. The first-order chi connectivity index (χ1) is 14.2. The van der Waals surface area contributed by atoms with Gasteiger partial charge in [0.15, 0.2) is 6.61 Å². The molecule has 0 unspecified atom stereocenters. The fourth-order valence-corrected chi connectivity index (χ4v) is 3.30. The van der Waals surface area contributed by atoms with E-state index < -0.39 is 18.5 Å². The Kier molecular flexibility index (Phi) is 4.91. The Morgan fingerprint density at radius 2 is 1.52 bits per heavy atom. The van der Waals surface area contributed by atoms with E-state index in [9.17, 15) is 9.59 Å². The number of carbonyl (C=O) groups excluding carboxylic acids is 2. The van der Waals surface area contributed by atoms with Crippen LogP contribution in [0.15, 0.2) is 78.9 Å². The number of nitrogens with one attached hydrogen (secondary N) is 1. The van der Waals surface area contributed by atoms with E-state index in [-0.39, 0.29) is 0 Å². The molecule has 0 fully saturated rings. The summed E-state index contributed by atoms with van der Waals surface area (Å²) < 4.78 is 5.32. The second-order valence-corrected chi connectivity index (χ2v) is 6.51. The highest BCUT2D eigenvalue weighted by Gasteiger charge is 2.17. The third kappa shape index (κ3) is 3.78. The minimum absolute atomic E-state index is 0.423. The summed E-state index contributed by atoms with van der Waals surface area (Å²) >= 11 is 0. The summed E-state index contributed by atoms with van der Waals surface area (Å²) in [4.78, 5) is 25.1. The lowest BCUT2D eigenvalue weighted by atomic mass is 9.97. The fraction of sp³-hybridized carbons (Fsp3) is 0.0417. The maximum atomic E-state index is 12.9. The van der Waals surface area contributed by atoms with Gasteiger partial charge in [-0.3, -0.25) is 4.79 Å². The summed E-state index contributed by atoms with van der Waals surface area (Å²) in [5.41, 5.74) is 1.35. The van der Waals surface area contributed by atoms with Crippen LogP contribution in [0.2, 0.25) is 0 Å². The van der Waals surface area contributed by atoms with Crippen molar-refractivity contribution in [2.45, 2.75) is 0 Å². The number of ether oxygens (including phenoxy) is 1. The van der Waals surface area contributed by atoms with Crippen LogP contribution >= 0.6 is 0 Å². The highest BCUT2D eigenvalue weighted by molar-refractivity contribution is 6.16. The van der Waals surface area contributed by atoms with Gasteiger partial charge in [-0.2, -0.15) is 5.26 Å². The van der Waals surface area contributed by atoms with E-state index in [0.717, 1.165) is 21.5 Å². The number of carbonyl (C=O) groups is 2. The first-order valence-electron chi connectivity index (χ1n) is 9.03. The number of hydrogen-bond donors (Lipinski definition) is 1. The molecular weight excluding hydrogens is 364 g/mol. The molecule has 0 spiro atoms. The van der Waals surface area contributed by atoms with E-state index >= 15 is 0 Å². The van der Waals surface area contributed by atoms with Gasteiger partial charge in [-0.05, 0) is 45.8 Å². The Labute approximate surface area is 167 Å². The van der Waals surface area contributed by atoms with Crippen LogP contribution < -0.4 is 5.32 Å². The molecule has 0 aliphatic carbocycles. The van der Waals surface area contributed by atoms with Crippen LogP contribution in [-0.4, -0.2) is 18.5 Å². The molecule has 0 heterocycles. The lowest BCUT2D eigenvalue weighted by Crippen LogP contribution is -2.21. The number of fused-ring (bicyclic) bond motifs is 2. The first-order valence-corrected chi connectivity index (χ1v) is 9.03. The van der Waals surface area contributed by atoms with Crippen molar-refractivity contribution in [2.24, 2.45) is 0 Å². The van der Waals surface area contributed by atoms with Crippen molar-refractivity contribution >= 4 is 39.1 Å². The summed E-state index contributed by atoms with van der Waals surface area (Å²) in [5.74, 6) is -1.03. The van der Waals surface area contributed by atoms with E-state index in [0.29, 0.717) is 16.8 Å². The van der Waals surface area contributed by atoms with Crippen molar-refractivity contribution in [1.29, 1.82) is 5.26 Å². The lowest BCUT2D eigenvalue weighted by molar-refractivity contribution is -0.119. The minimum Gasteiger partial charge on any atom is -0.452 e. The van der Waals surface area contributed by atoms with Crippen molar-refractivity contribution < 1.29 is 14.3 Å². The number of nitriles is 1. The Morgan fingerprint density at radius 1 is 0.862 bits per heavy atom. The van der Waals surface area contributed by atoms with Gasteiger partial charge in [-0.1, -0.05) is 54.6 Å². The van der Waals surface area contributed by atoms with Gasteiger partial charge in [-0.15, -0.1) is 0 Å². The number of hydrogen-bond acceptors (Lipinski definition) is 4. The molecule has 0 saturated carbocycles. The molecule has 5 nitrogen and oxygen atoms in total. The smallest absolute Gasteiger partial charge is 0.339 e. The fourth-order valence-electron chi connectivity index (χ4n) is 3.30. The zero-order valence-corrected chi connectivity index (χ0v) is 15.4. The number of rotatable bonds is 4. The van der Waals surface area contributed by atoms with Crippen molar-refractivity contribution in [3.63, 3.8) is 0 Å². The van der Waals surface area contributed by atoms with E-state index in [1.165, 1.54) is 0 Å². The van der Waals surface area contributed by atoms with Crippen LogP contribution in [0.4, 0.5) is 5.69 Å². The maximum Gasteiger partial charge on any atom is 0.339 e. The molecule has 5 heteroatoms. The van der Waals surface area contributed by atoms with Crippen LogP contribution in [0.25, 0.3) is 21.5 Å². The monoisotopic (exact) mass is 380 g/mol. The summed E-state index contributed by atoms with van der Waals surface area (Å²) in [6, 6.07) is 25.7. The van der Waals surface area contributed by atoms with Gasteiger partial charge < -0.3 is 10.1 Å². The van der Waals surface area contributed by atoms with E-state index in [2.05, 4.69) is 5.32 Å². The second kappa shape index (κ2) is 7.83. The van der Waals surface area contributed by atoms with Crippen molar-refractivity contribution in [3.05, 3.63) is 90.0 Å². The molecule has 1 amide bonds. The average molecular weight is 380 g/mol. The van der Waals surface area contributed by atoms with E-state index in [1.807, 2.05) is 60.7 Å². The largest absolute Gasteiger partial charge is 0.452 e. The summed E-state index contributed by atoms with van der Waals surface area (Å²) in [6.07, 6.45) is 0. The molecule has 0 bridgehead atoms. The molecule has 0 aliphatic heterocycles. The first kappa shape index (κ1) is 18.2. The molecule has 4 aromatic rings. The standard InChI is InChI=1S/C24H16N2O3/c25-14-16-6-5-9-19(12-16)26-22(27)15-29-24(28)23-20-10-3-1-7-17(20)13-18-8-2-4-11-21(18)23/h1-13H,15H2,(H,26,27).